The highest BCUT2D eigenvalue weighted by molar-refractivity contribution is 5.82. The first-order chi connectivity index (χ1) is 13.2. The Morgan fingerprint density at radius 1 is 1.15 bits per heavy atom. The summed E-state index contributed by atoms with van der Waals surface area (Å²) < 4.78 is 11.0. The molecule has 3 aliphatic heterocycles. The first-order valence-corrected chi connectivity index (χ1v) is 10.4. The fourth-order valence-corrected chi connectivity index (χ4v) is 3.92. The number of carbonyl (C=O) groups excluding carboxylic acids is 1. The molecule has 3 heterocycles. The minimum atomic E-state index is -0.214. The van der Waals surface area contributed by atoms with Gasteiger partial charge in [0.1, 0.15) is 6.10 Å². The number of hydrogen-bond donors (Lipinski definition) is 1. The molecule has 27 heavy (non-hydrogen) atoms. The first-order valence-electron chi connectivity index (χ1n) is 10.4. The van der Waals surface area contributed by atoms with Gasteiger partial charge in [0, 0.05) is 58.5 Å². The molecule has 0 aromatic carbocycles. The summed E-state index contributed by atoms with van der Waals surface area (Å²) in [5, 5.41) is 3.41. The van der Waals surface area contributed by atoms with Crippen molar-refractivity contribution in [3.05, 3.63) is 0 Å². The van der Waals surface area contributed by atoms with Crippen LogP contribution in [0, 0.1) is 0 Å². The number of amides is 1. The summed E-state index contributed by atoms with van der Waals surface area (Å²) in [6.07, 6.45) is 1.65. The summed E-state index contributed by atoms with van der Waals surface area (Å²) in [6.45, 7) is 13.3. The van der Waals surface area contributed by atoms with Crippen molar-refractivity contribution >= 4 is 11.9 Å². The lowest BCUT2D eigenvalue weighted by molar-refractivity contribution is -0.142. The molecular formula is C19H35N5O3. The minimum absolute atomic E-state index is 0.162. The lowest BCUT2D eigenvalue weighted by Crippen LogP contribution is -2.55. The third-order valence-electron chi connectivity index (χ3n) is 5.58. The molecule has 3 saturated heterocycles. The van der Waals surface area contributed by atoms with Crippen molar-refractivity contribution in [2.24, 2.45) is 4.99 Å². The van der Waals surface area contributed by atoms with Crippen LogP contribution < -0.4 is 5.32 Å². The van der Waals surface area contributed by atoms with Gasteiger partial charge >= 0.3 is 0 Å². The summed E-state index contributed by atoms with van der Waals surface area (Å²) >= 11 is 0. The molecule has 0 spiro atoms. The second-order valence-corrected chi connectivity index (χ2v) is 7.51. The van der Waals surface area contributed by atoms with Gasteiger partial charge in [-0.25, -0.2) is 0 Å². The van der Waals surface area contributed by atoms with E-state index < -0.39 is 0 Å². The quantitative estimate of drug-likeness (QED) is 0.534. The van der Waals surface area contributed by atoms with Crippen LogP contribution in [-0.4, -0.2) is 111 Å². The zero-order chi connectivity index (χ0) is 19.1. The van der Waals surface area contributed by atoms with Crippen LogP contribution in [0.15, 0.2) is 4.99 Å². The van der Waals surface area contributed by atoms with Crippen molar-refractivity contribution in [2.45, 2.75) is 38.8 Å². The van der Waals surface area contributed by atoms with Gasteiger partial charge < -0.3 is 24.6 Å². The topological polar surface area (TPSA) is 69.6 Å². The number of guanidine groups is 1. The molecule has 8 heteroatoms. The van der Waals surface area contributed by atoms with Gasteiger partial charge in [-0.1, -0.05) is 0 Å². The molecule has 3 aliphatic rings. The maximum Gasteiger partial charge on any atom is 0.251 e. The van der Waals surface area contributed by atoms with E-state index in [0.717, 1.165) is 91.0 Å². The molecule has 2 unspecified atom stereocenters. The SMILES string of the molecule is CCNC(=NCCN1CCOCC1C)N1CCN(C(=O)C2CCCO2)CC1. The Morgan fingerprint density at radius 2 is 1.93 bits per heavy atom. The second kappa shape index (κ2) is 10.2. The second-order valence-electron chi connectivity index (χ2n) is 7.51. The van der Waals surface area contributed by atoms with E-state index in [4.69, 9.17) is 14.5 Å². The smallest absolute Gasteiger partial charge is 0.251 e. The lowest BCUT2D eigenvalue weighted by atomic mass is 10.2. The third kappa shape index (κ3) is 5.56. The van der Waals surface area contributed by atoms with Crippen molar-refractivity contribution in [2.75, 3.05) is 72.2 Å². The fourth-order valence-electron chi connectivity index (χ4n) is 3.92. The van der Waals surface area contributed by atoms with E-state index in [2.05, 4.69) is 29.0 Å². The molecule has 1 amide bonds. The Labute approximate surface area is 162 Å². The van der Waals surface area contributed by atoms with Crippen molar-refractivity contribution in [1.82, 2.24) is 20.0 Å². The number of nitrogens with zero attached hydrogens (tertiary/aromatic N) is 4. The van der Waals surface area contributed by atoms with Crippen LogP contribution in [0.4, 0.5) is 0 Å². The van der Waals surface area contributed by atoms with E-state index in [0.29, 0.717) is 6.04 Å². The molecule has 0 saturated carbocycles. The molecular weight excluding hydrogens is 346 g/mol. The maximum absolute atomic E-state index is 12.5. The first kappa shape index (κ1) is 20.4. The van der Waals surface area contributed by atoms with Crippen LogP contribution in [0.3, 0.4) is 0 Å². The van der Waals surface area contributed by atoms with E-state index >= 15 is 0 Å². The Balaban J connectivity index is 1.47. The molecule has 8 nitrogen and oxygen atoms in total. The summed E-state index contributed by atoms with van der Waals surface area (Å²) in [7, 11) is 0. The number of piperazine rings is 1. The Morgan fingerprint density at radius 3 is 2.59 bits per heavy atom. The molecule has 0 aromatic rings. The average Bonchev–Trinajstić information content (AvgIpc) is 3.23. The lowest BCUT2D eigenvalue weighted by Gasteiger charge is -2.37. The average molecular weight is 382 g/mol. The summed E-state index contributed by atoms with van der Waals surface area (Å²) in [5.74, 6) is 1.12. The maximum atomic E-state index is 12.5. The summed E-state index contributed by atoms with van der Waals surface area (Å²) in [4.78, 5) is 24.0. The third-order valence-corrected chi connectivity index (χ3v) is 5.58. The Kier molecular flexibility index (Phi) is 7.72. The minimum Gasteiger partial charge on any atom is -0.379 e. The molecule has 0 aromatic heterocycles. The number of ether oxygens (including phenoxy) is 2. The van der Waals surface area contributed by atoms with Crippen LogP contribution in [0.2, 0.25) is 0 Å². The van der Waals surface area contributed by atoms with Crippen LogP contribution in [-0.2, 0) is 14.3 Å². The van der Waals surface area contributed by atoms with E-state index in [1.165, 1.54) is 0 Å². The Bertz CT molecular complexity index is 502. The van der Waals surface area contributed by atoms with E-state index in [1.54, 1.807) is 0 Å². The highest BCUT2D eigenvalue weighted by Crippen LogP contribution is 2.16. The number of nitrogens with one attached hydrogen (secondary N) is 1. The summed E-state index contributed by atoms with van der Waals surface area (Å²) in [5.41, 5.74) is 0. The molecule has 3 rings (SSSR count). The standard InChI is InChI=1S/C19H35N5O3/c1-3-20-19(21-6-7-22-12-14-26-15-16(22)2)24-10-8-23(9-11-24)18(25)17-5-4-13-27-17/h16-17H,3-15H2,1-2H3,(H,20,21). The summed E-state index contributed by atoms with van der Waals surface area (Å²) in [6, 6.07) is 0.462. The van der Waals surface area contributed by atoms with Gasteiger partial charge in [-0.15, -0.1) is 0 Å². The van der Waals surface area contributed by atoms with Crippen molar-refractivity contribution in [3.8, 4) is 0 Å². The molecule has 0 radical (unpaired) electrons. The predicted molar refractivity (Wildman–Crippen MR) is 105 cm³/mol. The number of morpholine rings is 1. The van der Waals surface area contributed by atoms with Gasteiger partial charge in [0.15, 0.2) is 5.96 Å². The zero-order valence-electron chi connectivity index (χ0n) is 16.9. The van der Waals surface area contributed by atoms with Gasteiger partial charge in [0.05, 0.1) is 19.8 Å². The van der Waals surface area contributed by atoms with Gasteiger partial charge in [-0.3, -0.25) is 14.7 Å². The predicted octanol–water partition coefficient (Wildman–Crippen LogP) is -0.00420. The largest absolute Gasteiger partial charge is 0.379 e. The van der Waals surface area contributed by atoms with Crippen molar-refractivity contribution < 1.29 is 14.3 Å². The number of rotatable bonds is 5. The van der Waals surface area contributed by atoms with Crippen molar-refractivity contribution in [1.29, 1.82) is 0 Å². The normalized spacial score (nSPS) is 27.9. The highest BCUT2D eigenvalue weighted by Gasteiger charge is 2.31. The van der Waals surface area contributed by atoms with Crippen LogP contribution in [0.1, 0.15) is 26.7 Å². The number of hydrogen-bond acceptors (Lipinski definition) is 5. The van der Waals surface area contributed by atoms with Gasteiger partial charge in [-0.2, -0.15) is 0 Å². The zero-order valence-corrected chi connectivity index (χ0v) is 16.9. The molecule has 0 aliphatic carbocycles. The number of carbonyl (C=O) groups is 1. The van der Waals surface area contributed by atoms with E-state index in [1.807, 2.05) is 4.90 Å². The fraction of sp³-hybridized carbons (Fsp3) is 0.895. The molecule has 1 N–H and O–H groups in total. The van der Waals surface area contributed by atoms with Gasteiger partial charge in [0.25, 0.3) is 5.91 Å². The van der Waals surface area contributed by atoms with Crippen LogP contribution >= 0.6 is 0 Å². The molecule has 0 bridgehead atoms. The molecule has 3 fully saturated rings. The monoisotopic (exact) mass is 381 g/mol. The van der Waals surface area contributed by atoms with Crippen LogP contribution in [0.5, 0.6) is 0 Å². The Hall–Kier alpha value is -1.38. The number of aliphatic imine (C=N–C) groups is 1. The van der Waals surface area contributed by atoms with Gasteiger partial charge in [-0.05, 0) is 26.7 Å². The van der Waals surface area contributed by atoms with E-state index in [-0.39, 0.29) is 12.0 Å². The van der Waals surface area contributed by atoms with E-state index in [9.17, 15) is 4.79 Å². The molecule has 2 atom stereocenters. The van der Waals surface area contributed by atoms with Crippen LogP contribution in [0.25, 0.3) is 0 Å². The highest BCUT2D eigenvalue weighted by atomic mass is 16.5. The molecule has 154 valence electrons. The van der Waals surface area contributed by atoms with Crippen molar-refractivity contribution in [3.63, 3.8) is 0 Å². The van der Waals surface area contributed by atoms with Gasteiger partial charge in [0.2, 0.25) is 0 Å².